The number of carbonyl (C=O) groups excluding carboxylic acids is 2. The monoisotopic (exact) mass is 215 g/mol. The predicted molar refractivity (Wildman–Crippen MR) is 59.1 cm³/mol. The van der Waals surface area contributed by atoms with Gasteiger partial charge in [0.1, 0.15) is 0 Å². The fraction of sp³-hybridized carbons (Fsp3) is 0.800. The number of amides is 2. The van der Waals surface area contributed by atoms with E-state index in [9.17, 15) is 9.59 Å². The summed E-state index contributed by atoms with van der Waals surface area (Å²) in [6, 6.07) is 0. The zero-order valence-electron chi connectivity index (χ0n) is 9.72. The molecule has 0 atom stereocenters. The molecule has 0 fully saturated rings. The maximum atomic E-state index is 11.3. The van der Waals surface area contributed by atoms with Crippen LogP contribution >= 0.6 is 0 Å². The van der Waals surface area contributed by atoms with Gasteiger partial charge in [-0.05, 0) is 5.41 Å². The molecule has 0 aromatic carbocycles. The Labute approximate surface area is 90.8 Å². The first-order chi connectivity index (χ1) is 6.85. The van der Waals surface area contributed by atoms with Crippen molar-refractivity contribution in [3.63, 3.8) is 0 Å². The fourth-order valence-corrected chi connectivity index (χ4v) is 0.997. The molecule has 0 aliphatic rings. The van der Waals surface area contributed by atoms with Crippen LogP contribution in [-0.4, -0.2) is 31.4 Å². The Bertz CT molecular complexity index is 221. The molecule has 5 heteroatoms. The second-order valence-corrected chi connectivity index (χ2v) is 4.65. The molecular weight excluding hydrogens is 194 g/mol. The van der Waals surface area contributed by atoms with E-state index in [1.807, 2.05) is 20.8 Å². The number of nitrogens with one attached hydrogen (secondary N) is 2. The van der Waals surface area contributed by atoms with Crippen LogP contribution in [0, 0.1) is 5.41 Å². The predicted octanol–water partition coefficient (Wildman–Crippen LogP) is -0.386. The third-order valence-electron chi connectivity index (χ3n) is 1.60. The molecule has 0 aliphatic heterocycles. The van der Waals surface area contributed by atoms with Crippen molar-refractivity contribution in [1.82, 2.24) is 10.6 Å². The Morgan fingerprint density at radius 1 is 1.13 bits per heavy atom. The molecule has 0 aliphatic carbocycles. The average molecular weight is 215 g/mol. The molecule has 15 heavy (non-hydrogen) atoms. The minimum absolute atomic E-state index is 0.0227. The number of rotatable bonds is 5. The SMILES string of the molecule is CC(C)(C)CC(=O)NCC(=O)NCCN. The summed E-state index contributed by atoms with van der Waals surface area (Å²) in [4.78, 5) is 22.4. The number of hydrogen-bond acceptors (Lipinski definition) is 3. The lowest BCUT2D eigenvalue weighted by Crippen LogP contribution is -2.39. The van der Waals surface area contributed by atoms with Gasteiger partial charge in [0.2, 0.25) is 11.8 Å². The van der Waals surface area contributed by atoms with Crippen LogP contribution in [0.15, 0.2) is 0 Å². The summed E-state index contributed by atoms with van der Waals surface area (Å²) in [5.74, 6) is -0.312. The lowest BCUT2D eigenvalue weighted by atomic mass is 9.92. The van der Waals surface area contributed by atoms with Gasteiger partial charge in [-0.15, -0.1) is 0 Å². The summed E-state index contributed by atoms with van der Waals surface area (Å²) in [5.41, 5.74) is 5.16. The quantitative estimate of drug-likeness (QED) is 0.584. The molecule has 0 aromatic heterocycles. The van der Waals surface area contributed by atoms with Crippen LogP contribution in [-0.2, 0) is 9.59 Å². The summed E-state index contributed by atoms with van der Waals surface area (Å²) in [6.07, 6.45) is 0.414. The van der Waals surface area contributed by atoms with E-state index in [0.29, 0.717) is 19.5 Å². The third-order valence-corrected chi connectivity index (χ3v) is 1.60. The van der Waals surface area contributed by atoms with Gasteiger partial charge in [0.15, 0.2) is 0 Å². The van der Waals surface area contributed by atoms with Gasteiger partial charge in [-0.1, -0.05) is 20.8 Å². The molecule has 4 N–H and O–H groups in total. The molecule has 5 nitrogen and oxygen atoms in total. The molecular formula is C10H21N3O2. The topological polar surface area (TPSA) is 84.2 Å². The van der Waals surface area contributed by atoms with E-state index in [1.54, 1.807) is 0 Å². The van der Waals surface area contributed by atoms with E-state index in [4.69, 9.17) is 5.73 Å². The molecule has 0 bridgehead atoms. The molecule has 88 valence electrons. The Morgan fingerprint density at radius 2 is 1.73 bits per heavy atom. The Hall–Kier alpha value is -1.10. The lowest BCUT2D eigenvalue weighted by molar-refractivity contribution is -0.127. The number of hydrogen-bond donors (Lipinski definition) is 3. The van der Waals surface area contributed by atoms with Crippen molar-refractivity contribution in [3.05, 3.63) is 0 Å². The first-order valence-electron chi connectivity index (χ1n) is 5.08. The van der Waals surface area contributed by atoms with Crippen LogP contribution in [0.25, 0.3) is 0 Å². The lowest BCUT2D eigenvalue weighted by Gasteiger charge is -2.17. The van der Waals surface area contributed by atoms with Gasteiger partial charge in [0.25, 0.3) is 0 Å². The van der Waals surface area contributed by atoms with Gasteiger partial charge in [0, 0.05) is 19.5 Å². The van der Waals surface area contributed by atoms with Crippen LogP contribution in [0.1, 0.15) is 27.2 Å². The largest absolute Gasteiger partial charge is 0.353 e. The van der Waals surface area contributed by atoms with Gasteiger partial charge < -0.3 is 16.4 Å². The van der Waals surface area contributed by atoms with E-state index in [0.717, 1.165) is 0 Å². The number of carbonyl (C=O) groups is 2. The second kappa shape index (κ2) is 6.40. The fourth-order valence-electron chi connectivity index (χ4n) is 0.997. The second-order valence-electron chi connectivity index (χ2n) is 4.65. The maximum absolute atomic E-state index is 11.3. The van der Waals surface area contributed by atoms with Crippen molar-refractivity contribution in [1.29, 1.82) is 0 Å². The van der Waals surface area contributed by atoms with Gasteiger partial charge in [-0.25, -0.2) is 0 Å². The smallest absolute Gasteiger partial charge is 0.239 e. The van der Waals surface area contributed by atoms with Crippen molar-refractivity contribution in [3.8, 4) is 0 Å². The minimum Gasteiger partial charge on any atom is -0.353 e. The van der Waals surface area contributed by atoms with Crippen LogP contribution < -0.4 is 16.4 Å². The van der Waals surface area contributed by atoms with Gasteiger partial charge in [0.05, 0.1) is 6.54 Å². The highest BCUT2D eigenvalue weighted by molar-refractivity contribution is 5.84. The van der Waals surface area contributed by atoms with Crippen molar-refractivity contribution < 1.29 is 9.59 Å². The maximum Gasteiger partial charge on any atom is 0.239 e. The molecule has 2 amide bonds. The summed E-state index contributed by atoms with van der Waals surface area (Å²) in [5, 5.41) is 5.13. The van der Waals surface area contributed by atoms with Crippen LogP contribution in [0.4, 0.5) is 0 Å². The Morgan fingerprint density at radius 3 is 2.20 bits per heavy atom. The van der Waals surface area contributed by atoms with Gasteiger partial charge in [-0.2, -0.15) is 0 Å². The molecule has 0 saturated heterocycles. The highest BCUT2D eigenvalue weighted by Crippen LogP contribution is 2.17. The van der Waals surface area contributed by atoms with Crippen molar-refractivity contribution >= 4 is 11.8 Å². The normalized spacial score (nSPS) is 10.9. The average Bonchev–Trinajstić information content (AvgIpc) is 2.08. The highest BCUT2D eigenvalue weighted by Gasteiger charge is 2.15. The molecule has 0 heterocycles. The molecule has 0 aromatic rings. The van der Waals surface area contributed by atoms with Crippen LogP contribution in [0.2, 0.25) is 0 Å². The van der Waals surface area contributed by atoms with E-state index >= 15 is 0 Å². The molecule has 0 saturated carbocycles. The zero-order valence-corrected chi connectivity index (χ0v) is 9.72. The van der Waals surface area contributed by atoms with Crippen molar-refractivity contribution in [2.45, 2.75) is 27.2 Å². The van der Waals surface area contributed by atoms with Crippen LogP contribution in [0.3, 0.4) is 0 Å². The molecule has 0 spiro atoms. The van der Waals surface area contributed by atoms with Gasteiger partial charge in [-0.3, -0.25) is 9.59 Å². The Balaban J connectivity index is 3.67. The van der Waals surface area contributed by atoms with E-state index < -0.39 is 0 Å². The molecule has 0 unspecified atom stereocenters. The first kappa shape index (κ1) is 13.9. The van der Waals surface area contributed by atoms with E-state index in [1.165, 1.54) is 0 Å². The van der Waals surface area contributed by atoms with Crippen molar-refractivity contribution in [2.75, 3.05) is 19.6 Å². The summed E-state index contributed by atoms with van der Waals surface area (Å²) < 4.78 is 0. The minimum atomic E-state index is -0.206. The van der Waals surface area contributed by atoms with E-state index in [2.05, 4.69) is 10.6 Å². The number of nitrogens with two attached hydrogens (primary N) is 1. The summed E-state index contributed by atoms with van der Waals surface area (Å²) >= 11 is 0. The van der Waals surface area contributed by atoms with E-state index in [-0.39, 0.29) is 23.8 Å². The van der Waals surface area contributed by atoms with Crippen LogP contribution in [0.5, 0.6) is 0 Å². The first-order valence-corrected chi connectivity index (χ1v) is 5.08. The molecule has 0 rings (SSSR count). The van der Waals surface area contributed by atoms with Gasteiger partial charge >= 0.3 is 0 Å². The Kier molecular flexibility index (Phi) is 5.93. The highest BCUT2D eigenvalue weighted by atomic mass is 16.2. The zero-order chi connectivity index (χ0) is 11.9. The third kappa shape index (κ3) is 9.21. The van der Waals surface area contributed by atoms with Crippen molar-refractivity contribution in [2.24, 2.45) is 11.1 Å². The summed E-state index contributed by atoms with van der Waals surface area (Å²) in [7, 11) is 0. The molecule has 0 radical (unpaired) electrons. The summed E-state index contributed by atoms with van der Waals surface area (Å²) in [6.45, 7) is 6.79. The standard InChI is InChI=1S/C10H21N3O2/c1-10(2,3)6-8(14)13-7-9(15)12-5-4-11/h4-7,11H2,1-3H3,(H,12,15)(H,13,14).